The molecule has 3 aromatic rings. The number of nitrogens with zero attached hydrogens (tertiary/aromatic N) is 2. The third kappa shape index (κ3) is 6.83. The molecular formula is C30H33ClN4O4S. The van der Waals surface area contributed by atoms with E-state index >= 15 is 0 Å². The van der Waals surface area contributed by atoms with Gasteiger partial charge in [0.2, 0.25) is 5.91 Å². The molecule has 0 spiro atoms. The second-order valence-corrected chi connectivity index (χ2v) is 12.2. The first kappa shape index (κ1) is 29.6. The van der Waals surface area contributed by atoms with E-state index in [0.29, 0.717) is 6.54 Å². The molecular weight excluding hydrogens is 548 g/mol. The number of carbonyl (C=O) groups is 3. The normalized spacial score (nSPS) is 17.6. The van der Waals surface area contributed by atoms with Gasteiger partial charge in [0, 0.05) is 17.5 Å². The van der Waals surface area contributed by atoms with E-state index in [0.717, 1.165) is 16.7 Å². The minimum Gasteiger partial charge on any atom is -0.381 e. The smallest absolute Gasteiger partial charge is 0.254 e. The van der Waals surface area contributed by atoms with Crippen LogP contribution in [0.2, 0.25) is 5.15 Å². The zero-order valence-electron chi connectivity index (χ0n) is 22.6. The van der Waals surface area contributed by atoms with Gasteiger partial charge in [-0.1, -0.05) is 66.2 Å². The summed E-state index contributed by atoms with van der Waals surface area (Å²) in [7, 11) is 0. The van der Waals surface area contributed by atoms with E-state index in [-0.39, 0.29) is 28.9 Å². The molecule has 4 rings (SSSR count). The lowest BCUT2D eigenvalue weighted by Crippen LogP contribution is -2.58. The van der Waals surface area contributed by atoms with Crippen molar-refractivity contribution in [1.82, 2.24) is 20.5 Å². The van der Waals surface area contributed by atoms with Crippen molar-refractivity contribution in [2.24, 2.45) is 0 Å². The monoisotopic (exact) mass is 580 g/mol. The second kappa shape index (κ2) is 12.8. The maximum absolute atomic E-state index is 13.8. The van der Waals surface area contributed by atoms with Gasteiger partial charge in [-0.25, -0.2) is 4.98 Å². The number of hydrogen-bond acceptors (Lipinski definition) is 6. The lowest BCUT2D eigenvalue weighted by atomic mass is 9.97. The van der Waals surface area contributed by atoms with E-state index in [1.54, 1.807) is 6.07 Å². The predicted octanol–water partition coefficient (Wildman–Crippen LogP) is 3.74. The topological polar surface area (TPSA) is 112 Å². The summed E-state index contributed by atoms with van der Waals surface area (Å²) >= 11 is 7.58. The minimum atomic E-state index is -1.61. The third-order valence-corrected chi connectivity index (χ3v) is 8.72. The Morgan fingerprint density at radius 3 is 2.50 bits per heavy atom. The highest BCUT2D eigenvalue weighted by Gasteiger charge is 2.49. The number of amides is 3. The van der Waals surface area contributed by atoms with E-state index in [1.807, 2.05) is 75.4 Å². The van der Waals surface area contributed by atoms with E-state index in [4.69, 9.17) is 11.6 Å². The highest BCUT2D eigenvalue weighted by atomic mass is 35.5. The minimum absolute atomic E-state index is 0.0161. The molecule has 1 unspecified atom stereocenters. The number of aliphatic hydroxyl groups is 1. The van der Waals surface area contributed by atoms with E-state index < -0.39 is 34.7 Å². The Hall–Kier alpha value is -3.40. The first-order valence-corrected chi connectivity index (χ1v) is 14.3. The lowest BCUT2D eigenvalue weighted by Gasteiger charge is -2.33. The molecule has 1 aliphatic rings. The van der Waals surface area contributed by atoms with Crippen molar-refractivity contribution in [3.05, 3.63) is 100 Å². The molecule has 0 bridgehead atoms. The highest BCUT2D eigenvalue weighted by Crippen LogP contribution is 2.40. The van der Waals surface area contributed by atoms with Crippen LogP contribution in [0.5, 0.6) is 0 Å². The van der Waals surface area contributed by atoms with Crippen LogP contribution in [0, 0.1) is 6.92 Å². The van der Waals surface area contributed by atoms with Crippen LogP contribution < -0.4 is 10.6 Å². The molecule has 40 heavy (non-hydrogen) atoms. The molecule has 0 radical (unpaired) electrons. The average molecular weight is 581 g/mol. The average Bonchev–Trinajstić information content (AvgIpc) is 3.26. The van der Waals surface area contributed by atoms with Gasteiger partial charge in [-0.3, -0.25) is 14.4 Å². The molecule has 1 aromatic heterocycles. The maximum Gasteiger partial charge on any atom is 0.254 e. The Labute approximate surface area is 243 Å². The number of aliphatic hydroxyl groups excluding tert-OH is 1. The number of pyridine rings is 1. The quantitative estimate of drug-likeness (QED) is 0.333. The van der Waals surface area contributed by atoms with Crippen LogP contribution in [0.25, 0.3) is 0 Å². The second-order valence-electron chi connectivity index (χ2n) is 10.3. The number of aromatic nitrogens is 1. The number of carbonyl (C=O) groups excluding carboxylic acids is 3. The third-order valence-electron chi connectivity index (χ3n) is 7.04. The number of hydrogen-bond donors (Lipinski definition) is 3. The van der Waals surface area contributed by atoms with Gasteiger partial charge < -0.3 is 20.6 Å². The Balaban J connectivity index is 1.55. The molecule has 1 aliphatic heterocycles. The molecule has 3 atom stereocenters. The molecule has 2 heterocycles. The molecule has 3 N–H and O–H groups in total. The predicted molar refractivity (Wildman–Crippen MR) is 157 cm³/mol. The summed E-state index contributed by atoms with van der Waals surface area (Å²) in [6.07, 6.45) is 0.0443. The zero-order chi connectivity index (χ0) is 28.9. The molecule has 0 saturated carbocycles. The van der Waals surface area contributed by atoms with Crippen LogP contribution in [0.4, 0.5) is 0 Å². The van der Waals surface area contributed by atoms with E-state index in [1.165, 1.54) is 28.9 Å². The van der Waals surface area contributed by atoms with Crippen LogP contribution in [0.15, 0.2) is 72.9 Å². The van der Waals surface area contributed by atoms with E-state index in [9.17, 15) is 19.5 Å². The van der Waals surface area contributed by atoms with Gasteiger partial charge in [0.25, 0.3) is 11.8 Å². The van der Waals surface area contributed by atoms with Gasteiger partial charge in [0.05, 0.1) is 17.5 Å². The molecule has 8 nitrogen and oxygen atoms in total. The number of aryl methyl sites for hydroxylation is 1. The van der Waals surface area contributed by atoms with Gasteiger partial charge in [0.1, 0.15) is 11.2 Å². The molecule has 1 saturated heterocycles. The largest absolute Gasteiger partial charge is 0.381 e. The van der Waals surface area contributed by atoms with Gasteiger partial charge in [-0.05, 0) is 56.0 Å². The van der Waals surface area contributed by atoms with Crippen molar-refractivity contribution in [1.29, 1.82) is 0 Å². The van der Waals surface area contributed by atoms with Crippen LogP contribution in [0.1, 0.15) is 40.9 Å². The Kier molecular flexibility index (Phi) is 9.50. The Morgan fingerprint density at radius 1 is 1.10 bits per heavy atom. The summed E-state index contributed by atoms with van der Waals surface area (Å²) in [6, 6.07) is 18.3. The number of nitrogens with one attached hydrogen (secondary N) is 2. The van der Waals surface area contributed by atoms with Crippen LogP contribution in [-0.4, -0.2) is 61.5 Å². The van der Waals surface area contributed by atoms with Crippen LogP contribution in [-0.2, 0) is 22.6 Å². The first-order valence-electron chi connectivity index (χ1n) is 13.0. The van der Waals surface area contributed by atoms with Crippen molar-refractivity contribution in [3.8, 4) is 0 Å². The lowest BCUT2D eigenvalue weighted by molar-refractivity contribution is -0.147. The molecule has 1 fully saturated rings. The van der Waals surface area contributed by atoms with Crippen LogP contribution >= 0.6 is 23.4 Å². The summed E-state index contributed by atoms with van der Waals surface area (Å²) in [5, 5.41) is 17.1. The van der Waals surface area contributed by atoms with Crippen molar-refractivity contribution < 1.29 is 19.5 Å². The molecule has 2 aromatic carbocycles. The number of rotatable bonds is 9. The van der Waals surface area contributed by atoms with Crippen molar-refractivity contribution in [2.45, 2.75) is 56.7 Å². The summed E-state index contributed by atoms with van der Waals surface area (Å²) < 4.78 is -0.591. The highest BCUT2D eigenvalue weighted by molar-refractivity contribution is 8.00. The van der Waals surface area contributed by atoms with Crippen molar-refractivity contribution >= 4 is 41.1 Å². The van der Waals surface area contributed by atoms with Gasteiger partial charge in [-0.15, -0.1) is 11.8 Å². The van der Waals surface area contributed by atoms with Crippen molar-refractivity contribution in [3.63, 3.8) is 0 Å². The Morgan fingerprint density at radius 2 is 1.80 bits per heavy atom. The molecule has 0 aliphatic carbocycles. The summed E-state index contributed by atoms with van der Waals surface area (Å²) in [4.78, 5) is 45.7. The number of benzene rings is 2. The standard InChI is InChI=1S/C30H33ClN4O4S/c1-19-10-7-8-13-21(19)17-33-28(38)25-30(2,3)40-18-35(25)29(39)24(36)23(16-20-11-5-4-6-12-20)34-27(37)22-14-9-15-32-26(22)31/h4-15,23-25,36H,16-18H2,1-3H3,(H,33,38)(H,34,37)/t23-,24-,25?/m0/s1. The number of thioether (sulfide) groups is 1. The van der Waals surface area contributed by atoms with Gasteiger partial charge >= 0.3 is 0 Å². The summed E-state index contributed by atoms with van der Waals surface area (Å²) in [6.45, 7) is 6.11. The Bertz CT molecular complexity index is 1370. The first-order chi connectivity index (χ1) is 19.1. The summed E-state index contributed by atoms with van der Waals surface area (Å²) in [5.41, 5.74) is 2.99. The zero-order valence-corrected chi connectivity index (χ0v) is 24.2. The van der Waals surface area contributed by atoms with Gasteiger partial charge in [0.15, 0.2) is 6.10 Å². The fourth-order valence-corrected chi connectivity index (χ4v) is 6.10. The molecule has 210 valence electrons. The molecule has 3 amide bonds. The fraction of sp³-hybridized carbons (Fsp3) is 0.333. The van der Waals surface area contributed by atoms with Gasteiger partial charge in [-0.2, -0.15) is 0 Å². The number of halogens is 1. The fourth-order valence-electron chi connectivity index (χ4n) is 4.75. The van der Waals surface area contributed by atoms with E-state index in [2.05, 4.69) is 15.6 Å². The van der Waals surface area contributed by atoms with Crippen molar-refractivity contribution in [2.75, 3.05) is 5.88 Å². The maximum atomic E-state index is 13.8. The SMILES string of the molecule is Cc1ccccc1CNC(=O)C1N(C(=O)[C@@H](O)[C@H](Cc2ccccc2)NC(=O)c2cccnc2Cl)CSC1(C)C. The summed E-state index contributed by atoms with van der Waals surface area (Å²) in [5.74, 6) is -1.27. The van der Waals surface area contributed by atoms with Crippen LogP contribution in [0.3, 0.4) is 0 Å². The molecule has 10 heteroatoms.